The molecule has 2 rings (SSSR count). The van der Waals surface area contributed by atoms with Crippen molar-refractivity contribution in [3.63, 3.8) is 0 Å². The van der Waals surface area contributed by atoms with Gasteiger partial charge in [-0.15, -0.1) is 0 Å². The molecule has 148 valence electrons. The zero-order valence-electron chi connectivity index (χ0n) is 15.6. The lowest BCUT2D eigenvalue weighted by Crippen LogP contribution is -2.41. The van der Waals surface area contributed by atoms with Crippen molar-refractivity contribution in [3.8, 4) is 5.75 Å². The molecule has 1 atom stereocenters. The molecular formula is C21H23NO5S. The van der Waals surface area contributed by atoms with Gasteiger partial charge in [0.25, 0.3) is 0 Å². The number of carboxylic acid groups (broad SMARTS) is 1. The molecule has 1 amide bonds. The van der Waals surface area contributed by atoms with E-state index in [4.69, 9.17) is 4.74 Å². The van der Waals surface area contributed by atoms with Crippen LogP contribution in [0.5, 0.6) is 5.75 Å². The van der Waals surface area contributed by atoms with Gasteiger partial charge in [-0.1, -0.05) is 48.2 Å². The van der Waals surface area contributed by atoms with E-state index < -0.39 is 18.4 Å². The SMILES string of the molecule is CC(=O)SCC(CCOc1ccccc1)C(=O)N(CC(=O)O)c1ccccc1. The van der Waals surface area contributed by atoms with Crippen molar-refractivity contribution in [2.24, 2.45) is 5.92 Å². The summed E-state index contributed by atoms with van der Waals surface area (Å²) in [5.74, 6) is -1.01. The van der Waals surface area contributed by atoms with Crippen molar-refractivity contribution in [2.75, 3.05) is 23.8 Å². The summed E-state index contributed by atoms with van der Waals surface area (Å²) in [6.45, 7) is 1.29. The first-order valence-electron chi connectivity index (χ1n) is 8.87. The zero-order chi connectivity index (χ0) is 20.4. The maximum Gasteiger partial charge on any atom is 0.323 e. The minimum atomic E-state index is -1.10. The molecule has 28 heavy (non-hydrogen) atoms. The Morgan fingerprint density at radius 2 is 1.64 bits per heavy atom. The van der Waals surface area contributed by atoms with Crippen LogP contribution in [0.4, 0.5) is 5.69 Å². The van der Waals surface area contributed by atoms with E-state index >= 15 is 0 Å². The van der Waals surface area contributed by atoms with Crippen molar-refractivity contribution >= 4 is 34.4 Å². The maximum absolute atomic E-state index is 13.1. The van der Waals surface area contributed by atoms with E-state index in [1.54, 1.807) is 30.3 Å². The molecule has 0 aliphatic rings. The number of ether oxygens (including phenoxy) is 1. The molecule has 0 saturated heterocycles. The largest absolute Gasteiger partial charge is 0.494 e. The summed E-state index contributed by atoms with van der Waals surface area (Å²) in [5.41, 5.74) is 0.511. The topological polar surface area (TPSA) is 83.9 Å². The van der Waals surface area contributed by atoms with Crippen molar-refractivity contribution < 1.29 is 24.2 Å². The molecule has 1 unspecified atom stereocenters. The lowest BCUT2D eigenvalue weighted by atomic mass is 10.1. The third-order valence-corrected chi connectivity index (χ3v) is 4.92. The number of carbonyl (C=O) groups excluding carboxylic acids is 2. The Morgan fingerprint density at radius 3 is 2.21 bits per heavy atom. The first-order chi connectivity index (χ1) is 13.5. The van der Waals surface area contributed by atoms with Crippen LogP contribution in [0.1, 0.15) is 13.3 Å². The van der Waals surface area contributed by atoms with Gasteiger partial charge in [-0.2, -0.15) is 0 Å². The highest BCUT2D eigenvalue weighted by Crippen LogP contribution is 2.22. The highest BCUT2D eigenvalue weighted by molar-refractivity contribution is 8.13. The van der Waals surface area contributed by atoms with Gasteiger partial charge in [0.15, 0.2) is 5.12 Å². The van der Waals surface area contributed by atoms with Gasteiger partial charge >= 0.3 is 5.97 Å². The Bertz CT molecular complexity index is 782. The van der Waals surface area contributed by atoms with E-state index in [0.717, 1.165) is 11.8 Å². The highest BCUT2D eigenvalue weighted by atomic mass is 32.2. The average molecular weight is 401 g/mol. The monoisotopic (exact) mass is 401 g/mol. The highest BCUT2D eigenvalue weighted by Gasteiger charge is 2.27. The number of hydrogen-bond donors (Lipinski definition) is 1. The van der Waals surface area contributed by atoms with Gasteiger partial charge in [0, 0.05) is 18.4 Å². The standard InChI is InChI=1S/C21H23NO5S/c1-16(23)28-15-17(12-13-27-19-10-6-3-7-11-19)21(26)22(14-20(24)25)18-8-4-2-5-9-18/h2-11,17H,12-15H2,1H3,(H,24,25). The molecule has 0 fully saturated rings. The molecule has 1 N–H and O–H groups in total. The van der Waals surface area contributed by atoms with Crippen LogP contribution >= 0.6 is 11.8 Å². The molecular weight excluding hydrogens is 378 g/mol. The number of amides is 1. The van der Waals surface area contributed by atoms with Crippen LogP contribution < -0.4 is 9.64 Å². The first-order valence-corrected chi connectivity index (χ1v) is 9.85. The predicted molar refractivity (Wildman–Crippen MR) is 110 cm³/mol. The number of para-hydroxylation sites is 2. The van der Waals surface area contributed by atoms with Gasteiger partial charge < -0.3 is 14.7 Å². The summed E-state index contributed by atoms with van der Waals surface area (Å²) in [6, 6.07) is 17.9. The number of rotatable bonds is 10. The number of carbonyl (C=O) groups is 3. The Hall–Kier alpha value is -2.80. The van der Waals surface area contributed by atoms with Gasteiger partial charge in [-0.25, -0.2) is 0 Å². The normalized spacial score (nSPS) is 11.5. The molecule has 0 aliphatic carbocycles. The van der Waals surface area contributed by atoms with Crippen molar-refractivity contribution in [2.45, 2.75) is 13.3 Å². The number of thioether (sulfide) groups is 1. The molecule has 0 bridgehead atoms. The third kappa shape index (κ3) is 7.08. The van der Waals surface area contributed by atoms with Crippen LogP contribution in [0, 0.1) is 5.92 Å². The minimum absolute atomic E-state index is 0.0914. The second-order valence-electron chi connectivity index (χ2n) is 6.10. The van der Waals surface area contributed by atoms with E-state index in [1.807, 2.05) is 30.3 Å². The number of benzene rings is 2. The van der Waals surface area contributed by atoms with Gasteiger partial charge in [0.2, 0.25) is 5.91 Å². The smallest absolute Gasteiger partial charge is 0.323 e. The number of hydrogen-bond acceptors (Lipinski definition) is 5. The third-order valence-electron chi connectivity index (χ3n) is 3.94. The Kier molecular flexibility index (Phi) is 8.55. The van der Waals surface area contributed by atoms with E-state index in [-0.39, 0.29) is 23.4 Å². The Labute approximate surface area is 168 Å². The molecule has 0 aromatic heterocycles. The summed E-state index contributed by atoms with van der Waals surface area (Å²) < 4.78 is 5.68. The van der Waals surface area contributed by atoms with E-state index in [0.29, 0.717) is 17.9 Å². The first kappa shape index (κ1) is 21.5. The van der Waals surface area contributed by atoms with Crippen LogP contribution in [-0.4, -0.2) is 41.0 Å². The molecule has 0 spiro atoms. The lowest BCUT2D eigenvalue weighted by Gasteiger charge is -2.26. The van der Waals surface area contributed by atoms with Crippen molar-refractivity contribution in [1.82, 2.24) is 0 Å². The molecule has 2 aromatic carbocycles. The van der Waals surface area contributed by atoms with E-state index in [9.17, 15) is 19.5 Å². The fourth-order valence-electron chi connectivity index (χ4n) is 2.59. The van der Waals surface area contributed by atoms with Crippen molar-refractivity contribution in [1.29, 1.82) is 0 Å². The zero-order valence-corrected chi connectivity index (χ0v) is 16.4. The fraction of sp³-hybridized carbons (Fsp3) is 0.286. The number of anilines is 1. The second kappa shape index (κ2) is 11.1. The molecule has 0 heterocycles. The lowest BCUT2D eigenvalue weighted by molar-refractivity contribution is -0.137. The Morgan fingerprint density at radius 1 is 1.04 bits per heavy atom. The molecule has 0 aliphatic heterocycles. The van der Waals surface area contributed by atoms with Gasteiger partial charge in [-0.05, 0) is 30.7 Å². The van der Waals surface area contributed by atoms with Gasteiger partial charge in [0.05, 0.1) is 12.5 Å². The van der Waals surface area contributed by atoms with Crippen LogP contribution in [0.2, 0.25) is 0 Å². The summed E-state index contributed by atoms with van der Waals surface area (Å²) >= 11 is 1.06. The van der Waals surface area contributed by atoms with Crippen LogP contribution in [0.25, 0.3) is 0 Å². The predicted octanol–water partition coefficient (Wildman–Crippen LogP) is 3.47. The summed E-state index contributed by atoms with van der Waals surface area (Å²) in [5, 5.41) is 9.15. The maximum atomic E-state index is 13.1. The van der Waals surface area contributed by atoms with Crippen molar-refractivity contribution in [3.05, 3.63) is 60.7 Å². The Balaban J connectivity index is 2.12. The molecule has 7 heteroatoms. The second-order valence-corrected chi connectivity index (χ2v) is 7.30. The van der Waals surface area contributed by atoms with Crippen LogP contribution in [0.15, 0.2) is 60.7 Å². The number of aliphatic carboxylic acids is 1. The van der Waals surface area contributed by atoms with Crippen LogP contribution in [-0.2, 0) is 14.4 Å². The quantitative estimate of drug-likeness (QED) is 0.656. The molecule has 0 saturated carbocycles. The molecule has 0 radical (unpaired) electrons. The van der Waals surface area contributed by atoms with E-state index in [2.05, 4.69) is 0 Å². The summed E-state index contributed by atoms with van der Waals surface area (Å²) in [7, 11) is 0. The molecule has 6 nitrogen and oxygen atoms in total. The van der Waals surface area contributed by atoms with Crippen LogP contribution in [0.3, 0.4) is 0 Å². The minimum Gasteiger partial charge on any atom is -0.494 e. The van der Waals surface area contributed by atoms with Gasteiger partial charge in [0.1, 0.15) is 12.3 Å². The number of carboxylic acids is 1. The average Bonchev–Trinajstić information content (AvgIpc) is 2.69. The van der Waals surface area contributed by atoms with E-state index in [1.165, 1.54) is 11.8 Å². The number of nitrogens with zero attached hydrogens (tertiary/aromatic N) is 1. The van der Waals surface area contributed by atoms with Gasteiger partial charge in [-0.3, -0.25) is 14.4 Å². The summed E-state index contributed by atoms with van der Waals surface area (Å²) in [6.07, 6.45) is 0.372. The summed E-state index contributed by atoms with van der Waals surface area (Å²) in [4.78, 5) is 37.1. The fourth-order valence-corrected chi connectivity index (χ4v) is 3.34. The molecule has 2 aromatic rings.